The van der Waals surface area contributed by atoms with Crippen LogP contribution < -0.4 is 10.7 Å². The number of H-pyrrole nitrogens is 1. The number of aromatic nitrogens is 2. The minimum absolute atomic E-state index is 0.106. The van der Waals surface area contributed by atoms with E-state index in [1.54, 1.807) is 0 Å². The first kappa shape index (κ1) is 21.5. The van der Waals surface area contributed by atoms with Gasteiger partial charge in [-0.05, 0) is 63.2 Å². The number of aromatic amines is 1. The molecule has 0 radical (unpaired) electrons. The highest BCUT2D eigenvalue weighted by molar-refractivity contribution is 5.81. The van der Waals surface area contributed by atoms with Crippen molar-refractivity contribution in [3.8, 4) is 0 Å². The summed E-state index contributed by atoms with van der Waals surface area (Å²) in [6, 6.07) is 0.295. The summed E-state index contributed by atoms with van der Waals surface area (Å²) in [7, 11) is 0. The molecule has 1 aromatic rings. The van der Waals surface area contributed by atoms with Crippen molar-refractivity contribution in [2.45, 2.75) is 57.5 Å². The number of hydrogen-bond donors (Lipinski definition) is 3. The summed E-state index contributed by atoms with van der Waals surface area (Å²) in [6.07, 6.45) is 18.0. The zero-order valence-corrected chi connectivity index (χ0v) is 20.0. The van der Waals surface area contributed by atoms with Crippen molar-refractivity contribution in [1.29, 1.82) is 0 Å². The molecule has 1 saturated heterocycles. The number of hydrogen-bond acceptors (Lipinski definition) is 6. The fraction of sp³-hybridized carbons (Fsp3) is 0.577. The van der Waals surface area contributed by atoms with Crippen LogP contribution in [0, 0.1) is 18.8 Å². The molecule has 0 aromatic carbocycles. The summed E-state index contributed by atoms with van der Waals surface area (Å²) >= 11 is 0. The Bertz CT molecular complexity index is 1050. The largest absolute Gasteiger partial charge is 0.373 e. The van der Waals surface area contributed by atoms with Crippen LogP contribution in [0.5, 0.6) is 0 Å². The van der Waals surface area contributed by atoms with Crippen LogP contribution in [-0.2, 0) is 4.79 Å². The van der Waals surface area contributed by atoms with Crippen LogP contribution in [0.3, 0.4) is 0 Å². The van der Waals surface area contributed by atoms with Crippen LogP contribution in [0.25, 0.3) is 0 Å². The van der Waals surface area contributed by atoms with E-state index in [4.69, 9.17) is 0 Å². The lowest BCUT2D eigenvalue weighted by molar-refractivity contribution is -0.134. The number of allylic oxidation sites excluding steroid dienone is 1. The zero-order chi connectivity index (χ0) is 23.1. The number of hydrazone groups is 1. The molecule has 1 aromatic heterocycles. The second-order valence-electron chi connectivity index (χ2n) is 10.3. The Morgan fingerprint density at radius 2 is 2.03 bits per heavy atom. The Morgan fingerprint density at radius 3 is 2.74 bits per heavy atom. The fourth-order valence-corrected chi connectivity index (χ4v) is 5.68. The molecule has 34 heavy (non-hydrogen) atoms. The molecule has 0 bridgehead atoms. The molecule has 3 atom stereocenters. The van der Waals surface area contributed by atoms with E-state index in [-0.39, 0.29) is 18.0 Å². The van der Waals surface area contributed by atoms with Crippen molar-refractivity contribution in [3.05, 3.63) is 52.6 Å². The first-order valence-electron chi connectivity index (χ1n) is 12.9. The molecular weight excluding hydrogens is 426 g/mol. The second-order valence-corrected chi connectivity index (χ2v) is 10.3. The molecule has 3 unspecified atom stereocenters. The molecule has 3 aliphatic carbocycles. The van der Waals surface area contributed by atoms with Gasteiger partial charge in [-0.2, -0.15) is 10.2 Å². The van der Waals surface area contributed by atoms with E-state index >= 15 is 0 Å². The topological polar surface area (TPSA) is 88.6 Å². The molecule has 3 heterocycles. The number of nitrogens with zero attached hydrogens (tertiary/aromatic N) is 4. The highest BCUT2D eigenvalue weighted by Crippen LogP contribution is 2.36. The van der Waals surface area contributed by atoms with Crippen molar-refractivity contribution in [1.82, 2.24) is 30.7 Å². The van der Waals surface area contributed by atoms with Crippen LogP contribution in [0.15, 0.2) is 46.5 Å². The predicted octanol–water partition coefficient (Wildman–Crippen LogP) is 2.76. The Morgan fingerprint density at radius 1 is 1.18 bits per heavy atom. The number of rotatable bonds is 6. The number of fused-ring (bicyclic) bond motifs is 1. The van der Waals surface area contributed by atoms with Crippen LogP contribution >= 0.6 is 0 Å². The van der Waals surface area contributed by atoms with Crippen molar-refractivity contribution in [3.63, 3.8) is 0 Å². The van der Waals surface area contributed by atoms with Gasteiger partial charge in [0.1, 0.15) is 0 Å². The lowest BCUT2D eigenvalue weighted by atomic mass is 9.88. The summed E-state index contributed by atoms with van der Waals surface area (Å²) in [5.41, 5.74) is 9.42. The van der Waals surface area contributed by atoms with Gasteiger partial charge in [0.2, 0.25) is 5.91 Å². The molecule has 8 heteroatoms. The summed E-state index contributed by atoms with van der Waals surface area (Å²) in [6.45, 7) is 5.42. The Balaban J connectivity index is 1.26. The first-order chi connectivity index (χ1) is 16.7. The number of nitrogens with one attached hydrogen (secondary N) is 3. The SMILES string of the molecule is Cc1[nH]ncc1C(NC1=CC2C=NNC2C=C1N1CCN(C(=O)C2CC2)CC1)C1=CCCCC1. The third kappa shape index (κ3) is 4.14. The second kappa shape index (κ2) is 8.96. The van der Waals surface area contributed by atoms with Crippen molar-refractivity contribution in [2.24, 2.45) is 16.9 Å². The summed E-state index contributed by atoms with van der Waals surface area (Å²) in [5.74, 6) is 0.896. The predicted molar refractivity (Wildman–Crippen MR) is 132 cm³/mol. The number of piperazine rings is 1. The molecular formula is C26H35N7O. The lowest BCUT2D eigenvalue weighted by Gasteiger charge is -2.40. The molecule has 2 fully saturated rings. The van der Waals surface area contributed by atoms with Gasteiger partial charge in [-0.15, -0.1) is 0 Å². The molecule has 6 rings (SSSR count). The summed E-state index contributed by atoms with van der Waals surface area (Å²) in [5, 5.41) is 15.8. The number of aryl methyl sites for hydroxylation is 1. The maximum Gasteiger partial charge on any atom is 0.225 e. The molecule has 3 N–H and O–H groups in total. The Kier molecular flexibility index (Phi) is 5.67. The average Bonchev–Trinajstić information content (AvgIpc) is 3.48. The van der Waals surface area contributed by atoms with Crippen molar-refractivity contribution < 1.29 is 4.79 Å². The quantitative estimate of drug-likeness (QED) is 0.567. The maximum absolute atomic E-state index is 12.6. The van der Waals surface area contributed by atoms with Gasteiger partial charge in [0.15, 0.2) is 0 Å². The van der Waals surface area contributed by atoms with E-state index in [1.807, 2.05) is 12.4 Å². The smallest absolute Gasteiger partial charge is 0.225 e. The minimum atomic E-state index is 0.106. The van der Waals surface area contributed by atoms with E-state index in [0.717, 1.165) is 63.3 Å². The van der Waals surface area contributed by atoms with Gasteiger partial charge in [0, 0.05) is 55.5 Å². The third-order valence-corrected chi connectivity index (χ3v) is 7.89. The molecule has 0 spiro atoms. The highest BCUT2D eigenvalue weighted by atomic mass is 16.2. The minimum Gasteiger partial charge on any atom is -0.373 e. The summed E-state index contributed by atoms with van der Waals surface area (Å²) in [4.78, 5) is 17.1. The first-order valence-corrected chi connectivity index (χ1v) is 12.9. The monoisotopic (exact) mass is 461 g/mol. The molecule has 180 valence electrons. The average molecular weight is 462 g/mol. The number of carbonyl (C=O) groups is 1. The van der Waals surface area contributed by atoms with Gasteiger partial charge in [0.25, 0.3) is 0 Å². The van der Waals surface area contributed by atoms with Gasteiger partial charge < -0.3 is 20.5 Å². The van der Waals surface area contributed by atoms with E-state index in [2.05, 4.69) is 61.0 Å². The molecule has 5 aliphatic rings. The van der Waals surface area contributed by atoms with Gasteiger partial charge >= 0.3 is 0 Å². The molecule has 2 aliphatic heterocycles. The maximum atomic E-state index is 12.6. The van der Waals surface area contributed by atoms with E-state index in [0.29, 0.717) is 11.8 Å². The molecule has 8 nitrogen and oxygen atoms in total. The van der Waals surface area contributed by atoms with Crippen LogP contribution in [0.1, 0.15) is 55.8 Å². The van der Waals surface area contributed by atoms with Gasteiger partial charge in [-0.25, -0.2) is 0 Å². The van der Waals surface area contributed by atoms with Crippen LogP contribution in [0.4, 0.5) is 0 Å². The van der Waals surface area contributed by atoms with Crippen molar-refractivity contribution >= 4 is 12.1 Å². The fourth-order valence-electron chi connectivity index (χ4n) is 5.68. The zero-order valence-electron chi connectivity index (χ0n) is 20.0. The van der Waals surface area contributed by atoms with E-state index in [1.165, 1.54) is 29.7 Å². The van der Waals surface area contributed by atoms with Crippen LogP contribution in [0.2, 0.25) is 0 Å². The van der Waals surface area contributed by atoms with E-state index in [9.17, 15) is 4.79 Å². The van der Waals surface area contributed by atoms with E-state index < -0.39 is 0 Å². The van der Waals surface area contributed by atoms with Crippen LogP contribution in [-0.4, -0.2) is 64.3 Å². The van der Waals surface area contributed by atoms with Gasteiger partial charge in [-0.3, -0.25) is 9.89 Å². The summed E-state index contributed by atoms with van der Waals surface area (Å²) < 4.78 is 0. The normalized spacial score (nSPS) is 27.4. The standard InChI is InChI=1S/C26H35N7O/c1-17-21(16-28-30-17)25(18-5-3-2-4-6-18)29-23-13-20-15-27-31-22(20)14-24(23)32-9-11-33(12-10-32)26(34)19-7-8-19/h5,13-16,19-20,22,25,29,31H,2-4,6-12H2,1H3,(H,28,30). The van der Waals surface area contributed by atoms with Crippen molar-refractivity contribution in [2.75, 3.05) is 26.2 Å². The number of carbonyl (C=O) groups excluding carboxylic acids is 1. The lowest BCUT2D eigenvalue weighted by Crippen LogP contribution is -2.50. The molecule has 1 saturated carbocycles. The highest BCUT2D eigenvalue weighted by Gasteiger charge is 2.36. The van der Waals surface area contributed by atoms with Gasteiger partial charge in [-0.1, -0.05) is 6.08 Å². The number of amides is 1. The Labute approximate surface area is 201 Å². The molecule has 1 amide bonds. The Hall–Kier alpha value is -3.03. The van der Waals surface area contributed by atoms with Gasteiger partial charge in [0.05, 0.1) is 29.7 Å². The third-order valence-electron chi connectivity index (χ3n) is 7.89.